The minimum atomic E-state index is -0.757. The topological polar surface area (TPSA) is 97.7 Å². The molecule has 5 nitrogen and oxygen atoms in total. The van der Waals surface area contributed by atoms with Crippen LogP contribution in [0, 0.1) is 39.4 Å². The van der Waals surface area contributed by atoms with Crippen molar-refractivity contribution in [3.05, 3.63) is 53.6 Å². The third-order valence-corrected chi connectivity index (χ3v) is 6.88. The van der Waals surface area contributed by atoms with Crippen molar-refractivity contribution >= 4 is 5.78 Å². The second-order valence-electron chi connectivity index (χ2n) is 8.43. The maximum absolute atomic E-state index is 13.9. The zero-order chi connectivity index (χ0) is 21.9. The molecule has 154 valence electrons. The summed E-state index contributed by atoms with van der Waals surface area (Å²) in [5.41, 5.74) is 1.56. The van der Waals surface area contributed by atoms with E-state index in [-0.39, 0.29) is 12.2 Å². The molecule has 31 heavy (non-hydrogen) atoms. The molecule has 4 rings (SSSR count). The number of ether oxygens (including phenoxy) is 1. The number of ketones is 1. The van der Waals surface area contributed by atoms with Crippen molar-refractivity contribution in [1.29, 1.82) is 15.8 Å². The first-order valence-corrected chi connectivity index (χ1v) is 10.7. The van der Waals surface area contributed by atoms with Crippen LogP contribution in [0.4, 0.5) is 0 Å². The summed E-state index contributed by atoms with van der Waals surface area (Å²) < 4.78 is 6.61. The summed E-state index contributed by atoms with van der Waals surface area (Å²) in [6.45, 7) is 0. The molecule has 1 heterocycles. The third kappa shape index (κ3) is 3.35. The molecule has 0 aromatic heterocycles. The average molecular weight is 409 g/mol. The lowest BCUT2D eigenvalue weighted by atomic mass is 9.53. The minimum absolute atomic E-state index is 0.0407. The smallest absolute Gasteiger partial charge is 0.176 e. The molecule has 1 spiro atoms. The van der Waals surface area contributed by atoms with Crippen molar-refractivity contribution in [2.75, 3.05) is 0 Å². The fraction of sp³-hybridized carbons (Fsp3) is 0.385. The largest absolute Gasteiger partial charge is 0.485 e. The molecular formula is C26H23N3O2. The summed E-state index contributed by atoms with van der Waals surface area (Å²) in [7, 11) is 0. The van der Waals surface area contributed by atoms with Gasteiger partial charge in [-0.05, 0) is 73.9 Å². The number of fused-ring (bicyclic) bond motifs is 1. The number of carbonyl (C=O) groups excluding carboxylic acids is 1. The summed E-state index contributed by atoms with van der Waals surface area (Å²) in [4.78, 5) is 13.9. The van der Waals surface area contributed by atoms with Gasteiger partial charge in [-0.25, -0.2) is 0 Å². The second-order valence-corrected chi connectivity index (χ2v) is 8.43. The fourth-order valence-corrected chi connectivity index (χ4v) is 5.14. The number of unbranched alkanes of at least 4 members (excludes halogenated alkanes) is 1. The van der Waals surface area contributed by atoms with E-state index in [2.05, 4.69) is 18.2 Å². The lowest BCUT2D eigenvalue weighted by Gasteiger charge is -2.57. The van der Waals surface area contributed by atoms with Gasteiger partial charge in [-0.2, -0.15) is 15.8 Å². The first kappa shape index (κ1) is 20.6. The van der Waals surface area contributed by atoms with Crippen LogP contribution in [0.2, 0.25) is 0 Å². The standard InChI is InChI=1S/C26H23N3O2/c27-14-2-1-10-25(11-5-15-28)24(30)22-9-8-21(20-7-3-6-19(16-20)18-29)17-23(22)31-26(25)12-4-13-26/h3,6-9,16-17H,1-2,4-5,10-13H2. The first-order chi connectivity index (χ1) is 15.1. The molecule has 0 bridgehead atoms. The zero-order valence-corrected chi connectivity index (χ0v) is 17.4. The van der Waals surface area contributed by atoms with Gasteiger partial charge in [0, 0.05) is 12.8 Å². The van der Waals surface area contributed by atoms with Gasteiger partial charge in [-0.3, -0.25) is 4.79 Å². The molecule has 5 heteroatoms. The molecule has 2 aliphatic rings. The SMILES string of the molecule is N#CCCCC1(CCC#N)C(=O)c2ccc(-c3cccc(C#N)c3)cc2OC12CCC2. The van der Waals surface area contributed by atoms with E-state index in [9.17, 15) is 15.3 Å². The third-order valence-electron chi connectivity index (χ3n) is 6.88. The molecule has 1 aliphatic heterocycles. The quantitative estimate of drug-likeness (QED) is 0.569. The predicted molar refractivity (Wildman–Crippen MR) is 115 cm³/mol. The van der Waals surface area contributed by atoms with Crippen LogP contribution >= 0.6 is 0 Å². The molecule has 2 aromatic rings. The Morgan fingerprint density at radius 3 is 2.39 bits per heavy atom. The van der Waals surface area contributed by atoms with Gasteiger partial charge >= 0.3 is 0 Å². The van der Waals surface area contributed by atoms with Crippen LogP contribution < -0.4 is 4.74 Å². The normalized spacial score (nSPS) is 20.5. The van der Waals surface area contributed by atoms with Gasteiger partial charge in [-0.1, -0.05) is 18.2 Å². The summed E-state index contributed by atoms with van der Waals surface area (Å²) >= 11 is 0. The Balaban J connectivity index is 1.77. The van der Waals surface area contributed by atoms with Crippen molar-refractivity contribution in [3.8, 4) is 35.1 Å². The van der Waals surface area contributed by atoms with Gasteiger partial charge in [0.2, 0.25) is 0 Å². The Morgan fingerprint density at radius 2 is 1.71 bits per heavy atom. The lowest BCUT2D eigenvalue weighted by molar-refractivity contribution is -0.114. The molecule has 0 N–H and O–H groups in total. The number of benzene rings is 2. The Labute approximate surface area is 182 Å². The van der Waals surface area contributed by atoms with Crippen LogP contribution in [0.15, 0.2) is 42.5 Å². The summed E-state index contributed by atoms with van der Waals surface area (Å²) in [5.74, 6) is 0.622. The van der Waals surface area contributed by atoms with Crippen LogP contribution in [0.3, 0.4) is 0 Å². The number of hydrogen-bond donors (Lipinski definition) is 0. The van der Waals surface area contributed by atoms with Crippen LogP contribution in [-0.4, -0.2) is 11.4 Å². The Morgan fingerprint density at radius 1 is 0.935 bits per heavy atom. The van der Waals surface area contributed by atoms with Crippen LogP contribution in [0.1, 0.15) is 67.3 Å². The Bertz CT molecular complexity index is 1140. The minimum Gasteiger partial charge on any atom is -0.485 e. The lowest BCUT2D eigenvalue weighted by Crippen LogP contribution is -2.63. The molecule has 1 atom stereocenters. The van der Waals surface area contributed by atoms with Crippen molar-refractivity contribution in [2.45, 2.75) is 57.0 Å². The van der Waals surface area contributed by atoms with E-state index in [1.807, 2.05) is 36.4 Å². The van der Waals surface area contributed by atoms with Crippen molar-refractivity contribution in [3.63, 3.8) is 0 Å². The van der Waals surface area contributed by atoms with E-state index in [1.54, 1.807) is 6.07 Å². The predicted octanol–water partition coefficient (Wildman–Crippen LogP) is 5.71. The number of Topliss-reactive ketones (excluding diaryl/α,β-unsaturated/α-hetero) is 1. The monoisotopic (exact) mass is 409 g/mol. The van der Waals surface area contributed by atoms with Gasteiger partial charge in [-0.15, -0.1) is 0 Å². The molecule has 0 radical (unpaired) electrons. The van der Waals surface area contributed by atoms with E-state index >= 15 is 0 Å². The second kappa shape index (κ2) is 8.25. The van der Waals surface area contributed by atoms with E-state index in [0.717, 1.165) is 30.4 Å². The molecular weight excluding hydrogens is 386 g/mol. The first-order valence-electron chi connectivity index (χ1n) is 10.7. The molecule has 2 aromatic carbocycles. The molecule has 0 saturated heterocycles. The van der Waals surface area contributed by atoms with Crippen LogP contribution in [-0.2, 0) is 0 Å². The highest BCUT2D eigenvalue weighted by atomic mass is 16.5. The summed E-state index contributed by atoms with van der Waals surface area (Å²) in [6, 6.07) is 19.5. The van der Waals surface area contributed by atoms with E-state index in [0.29, 0.717) is 42.6 Å². The average Bonchev–Trinajstić information content (AvgIpc) is 2.78. The number of carbonyl (C=O) groups is 1. The van der Waals surface area contributed by atoms with Crippen molar-refractivity contribution in [1.82, 2.24) is 0 Å². The molecule has 1 aliphatic carbocycles. The highest BCUT2D eigenvalue weighted by Crippen LogP contribution is 2.59. The number of nitrogens with zero attached hydrogens (tertiary/aromatic N) is 3. The maximum Gasteiger partial charge on any atom is 0.176 e. The van der Waals surface area contributed by atoms with Gasteiger partial charge in [0.15, 0.2) is 5.78 Å². The highest BCUT2D eigenvalue weighted by molar-refractivity contribution is 6.05. The van der Waals surface area contributed by atoms with Crippen molar-refractivity contribution < 1.29 is 9.53 Å². The van der Waals surface area contributed by atoms with Crippen LogP contribution in [0.25, 0.3) is 11.1 Å². The van der Waals surface area contributed by atoms with Crippen LogP contribution in [0.5, 0.6) is 5.75 Å². The Kier molecular flexibility index (Phi) is 5.50. The van der Waals surface area contributed by atoms with E-state index in [1.165, 1.54) is 0 Å². The summed E-state index contributed by atoms with van der Waals surface area (Å²) in [5, 5.41) is 27.5. The number of nitriles is 3. The Hall–Kier alpha value is -3.62. The maximum atomic E-state index is 13.9. The summed E-state index contributed by atoms with van der Waals surface area (Å²) in [6.07, 6.45) is 4.86. The van der Waals surface area contributed by atoms with E-state index in [4.69, 9.17) is 10.00 Å². The van der Waals surface area contributed by atoms with Gasteiger partial charge in [0.05, 0.1) is 34.7 Å². The number of hydrogen-bond acceptors (Lipinski definition) is 5. The molecule has 1 fully saturated rings. The van der Waals surface area contributed by atoms with Gasteiger partial charge < -0.3 is 4.74 Å². The molecule has 1 unspecified atom stereocenters. The van der Waals surface area contributed by atoms with Gasteiger partial charge in [0.1, 0.15) is 11.4 Å². The number of rotatable bonds is 6. The van der Waals surface area contributed by atoms with E-state index < -0.39 is 11.0 Å². The van der Waals surface area contributed by atoms with Gasteiger partial charge in [0.25, 0.3) is 0 Å². The molecule has 1 saturated carbocycles. The van der Waals surface area contributed by atoms with Crippen molar-refractivity contribution in [2.24, 2.45) is 5.41 Å². The fourth-order valence-electron chi connectivity index (χ4n) is 5.14. The highest BCUT2D eigenvalue weighted by Gasteiger charge is 2.63. The molecule has 0 amide bonds. The zero-order valence-electron chi connectivity index (χ0n) is 17.4.